The van der Waals surface area contributed by atoms with Gasteiger partial charge in [0.1, 0.15) is 11.5 Å². The Morgan fingerprint density at radius 2 is 1.34 bits per heavy atom. The van der Waals surface area contributed by atoms with Gasteiger partial charge in [0.15, 0.2) is 0 Å². The molecular weight excluding hydrogens is 474 g/mol. The lowest BCUT2D eigenvalue weighted by molar-refractivity contribution is 0.415. The molecule has 0 spiro atoms. The smallest absolute Gasteiger partial charge is 0.120 e. The Bertz CT molecular complexity index is 1570. The second-order valence-corrected chi connectivity index (χ2v) is 10.2. The van der Waals surface area contributed by atoms with E-state index in [0.29, 0.717) is 0 Å². The molecule has 4 aromatic rings. The van der Waals surface area contributed by atoms with E-state index in [0.717, 1.165) is 96.2 Å². The summed E-state index contributed by atoms with van der Waals surface area (Å²) in [5.41, 5.74) is 10.7. The lowest BCUT2D eigenvalue weighted by Gasteiger charge is -2.22. The van der Waals surface area contributed by atoms with Gasteiger partial charge in [0.05, 0.1) is 37.0 Å². The Morgan fingerprint density at radius 1 is 0.789 bits per heavy atom. The van der Waals surface area contributed by atoms with E-state index in [9.17, 15) is 0 Å². The number of aromatic nitrogens is 2. The van der Waals surface area contributed by atoms with E-state index >= 15 is 0 Å². The molecule has 2 aromatic carbocycles. The summed E-state index contributed by atoms with van der Waals surface area (Å²) in [4.78, 5) is 22.2. The molecule has 2 aromatic heterocycles. The average Bonchev–Trinajstić information content (AvgIpc) is 3.70. The number of allylic oxidation sites excluding steroid dienone is 2. The number of nitrogens with zero attached hydrogens (tertiary/aromatic N) is 3. The fourth-order valence-corrected chi connectivity index (χ4v) is 6.24. The highest BCUT2D eigenvalue weighted by atomic mass is 16.5. The highest BCUT2D eigenvalue weighted by Gasteiger charge is 2.28. The Morgan fingerprint density at radius 3 is 1.82 bits per heavy atom. The molecule has 0 unspecified atom stereocenters. The third-order valence-corrected chi connectivity index (χ3v) is 8.10. The van der Waals surface area contributed by atoms with Crippen molar-refractivity contribution in [1.82, 2.24) is 9.97 Å². The molecule has 0 fully saturated rings. The van der Waals surface area contributed by atoms with Crippen LogP contribution in [-0.2, 0) is 12.8 Å². The highest BCUT2D eigenvalue weighted by molar-refractivity contribution is 6.09. The maximum Gasteiger partial charge on any atom is 0.120 e. The van der Waals surface area contributed by atoms with E-state index in [1.165, 1.54) is 21.9 Å². The number of fused-ring (bicyclic) bond motifs is 6. The van der Waals surface area contributed by atoms with Crippen LogP contribution in [0.15, 0.2) is 63.1 Å². The Hall–Kier alpha value is -4.13. The molecule has 0 aliphatic carbocycles. The summed E-state index contributed by atoms with van der Waals surface area (Å²) in [6, 6.07) is 12.6. The van der Waals surface area contributed by atoms with E-state index in [1.54, 1.807) is 14.2 Å². The fraction of sp³-hybridized carbons (Fsp3) is 0.323. The highest BCUT2D eigenvalue weighted by Crippen LogP contribution is 2.35. The van der Waals surface area contributed by atoms with Gasteiger partial charge in [-0.05, 0) is 48.2 Å². The zero-order valence-electron chi connectivity index (χ0n) is 21.8. The maximum atomic E-state index is 5.46. The molecule has 192 valence electrons. The first-order valence-electron chi connectivity index (χ1n) is 13.4. The van der Waals surface area contributed by atoms with Gasteiger partial charge >= 0.3 is 0 Å². The summed E-state index contributed by atoms with van der Waals surface area (Å²) < 4.78 is 10.9. The molecular formula is C31H31N5O2. The number of benzene rings is 2. The normalized spacial score (nSPS) is 16.4. The number of rotatable bonds is 7. The molecule has 3 aliphatic heterocycles. The van der Waals surface area contributed by atoms with Crippen molar-refractivity contribution in [2.24, 2.45) is 20.9 Å². The molecule has 0 atom stereocenters. The van der Waals surface area contributed by atoms with Gasteiger partial charge in [-0.1, -0.05) is 6.08 Å². The number of hydrogen-bond donors (Lipinski definition) is 2. The molecule has 0 radical (unpaired) electrons. The molecule has 7 nitrogen and oxygen atoms in total. The number of methoxy groups -OCH3 is 2. The Kier molecular flexibility index (Phi) is 5.64. The minimum absolute atomic E-state index is 0.199. The van der Waals surface area contributed by atoms with Crippen molar-refractivity contribution in [2.45, 2.75) is 32.1 Å². The Balaban J connectivity index is 1.23. The molecule has 7 rings (SSSR count). The zero-order chi connectivity index (χ0) is 25.6. The zero-order valence-corrected chi connectivity index (χ0v) is 21.8. The van der Waals surface area contributed by atoms with Crippen molar-refractivity contribution in [1.29, 1.82) is 0 Å². The lowest BCUT2D eigenvalue weighted by atomic mass is 9.87. The van der Waals surface area contributed by atoms with Gasteiger partial charge < -0.3 is 19.4 Å². The van der Waals surface area contributed by atoms with E-state index in [1.807, 2.05) is 18.3 Å². The molecule has 5 heterocycles. The van der Waals surface area contributed by atoms with Gasteiger partial charge in [-0.3, -0.25) is 15.0 Å². The first-order valence-corrected chi connectivity index (χ1v) is 13.4. The van der Waals surface area contributed by atoms with Crippen LogP contribution in [0.3, 0.4) is 0 Å². The van der Waals surface area contributed by atoms with Gasteiger partial charge in [-0.2, -0.15) is 0 Å². The van der Waals surface area contributed by atoms with Gasteiger partial charge in [-0.25, -0.2) is 0 Å². The molecule has 38 heavy (non-hydrogen) atoms. The van der Waals surface area contributed by atoms with Crippen LogP contribution < -0.4 is 9.47 Å². The molecule has 0 saturated carbocycles. The molecule has 0 saturated heterocycles. The number of aromatic amines is 2. The summed E-state index contributed by atoms with van der Waals surface area (Å²) in [7, 11) is 3.42. The van der Waals surface area contributed by atoms with E-state index < -0.39 is 0 Å². The predicted octanol–water partition coefficient (Wildman–Crippen LogP) is 5.81. The number of H-pyrrole nitrogens is 2. The van der Waals surface area contributed by atoms with Crippen molar-refractivity contribution in [3.63, 3.8) is 0 Å². The van der Waals surface area contributed by atoms with Crippen molar-refractivity contribution < 1.29 is 9.47 Å². The van der Waals surface area contributed by atoms with Crippen molar-refractivity contribution in [3.8, 4) is 11.5 Å². The van der Waals surface area contributed by atoms with E-state index in [2.05, 4.69) is 40.3 Å². The largest absolute Gasteiger partial charge is 0.497 e. The lowest BCUT2D eigenvalue weighted by Crippen LogP contribution is -2.22. The second-order valence-electron chi connectivity index (χ2n) is 10.2. The third kappa shape index (κ3) is 3.85. The van der Waals surface area contributed by atoms with Gasteiger partial charge in [-0.15, -0.1) is 0 Å². The first kappa shape index (κ1) is 23.0. The second kappa shape index (κ2) is 9.31. The van der Waals surface area contributed by atoms with E-state index in [-0.39, 0.29) is 5.92 Å². The van der Waals surface area contributed by atoms with Gasteiger partial charge in [0.2, 0.25) is 0 Å². The summed E-state index contributed by atoms with van der Waals surface area (Å²) >= 11 is 0. The van der Waals surface area contributed by atoms with Crippen LogP contribution >= 0.6 is 0 Å². The summed E-state index contributed by atoms with van der Waals surface area (Å²) in [6.07, 6.45) is 8.70. The molecule has 0 amide bonds. The number of ether oxygens (including phenoxy) is 2. The van der Waals surface area contributed by atoms with Gasteiger partial charge in [0.25, 0.3) is 0 Å². The quantitative estimate of drug-likeness (QED) is 0.332. The van der Waals surface area contributed by atoms with Crippen molar-refractivity contribution in [3.05, 3.63) is 70.7 Å². The number of aliphatic imine (C=N–C) groups is 3. The summed E-state index contributed by atoms with van der Waals surface area (Å²) in [5.74, 6) is 1.92. The number of nitrogens with one attached hydrogen (secondary N) is 2. The predicted molar refractivity (Wildman–Crippen MR) is 154 cm³/mol. The minimum Gasteiger partial charge on any atom is -0.497 e. The van der Waals surface area contributed by atoms with Crippen LogP contribution in [0, 0.1) is 5.92 Å². The monoisotopic (exact) mass is 505 g/mol. The standard InChI is InChI=1S/C31H31N5O2/c1-37-19-5-7-21-23-9-12-33-28(30(23)35-26(21)16-19)14-18(25-4-3-11-32-25)15-29-31-24(10-13-34-29)22-8-6-20(38-2)17-27(22)36-31/h4-8,11,16-18,35-36H,3,9-10,12-15H2,1-2H3. The van der Waals surface area contributed by atoms with Gasteiger partial charge in [0, 0.05) is 84.1 Å². The molecule has 7 heteroatoms. The van der Waals surface area contributed by atoms with Crippen molar-refractivity contribution in [2.75, 3.05) is 27.3 Å². The van der Waals surface area contributed by atoms with E-state index in [4.69, 9.17) is 24.5 Å². The summed E-state index contributed by atoms with van der Waals surface area (Å²) in [5, 5.41) is 2.52. The van der Waals surface area contributed by atoms with Crippen molar-refractivity contribution >= 4 is 39.4 Å². The Labute approximate surface area is 221 Å². The third-order valence-electron chi connectivity index (χ3n) is 8.10. The SMILES string of the molecule is COc1ccc2c3c([nH]c2c1)C(CC(CC1=NCCc2c1[nH]c1cc(OC)ccc21)C1=CCC=N1)=NCC3. The minimum atomic E-state index is 0.199. The van der Waals surface area contributed by atoms with Crippen LogP contribution in [-0.4, -0.2) is 54.9 Å². The first-order chi connectivity index (χ1) is 18.7. The average molecular weight is 506 g/mol. The van der Waals surface area contributed by atoms with Crippen LogP contribution in [0.4, 0.5) is 0 Å². The summed E-state index contributed by atoms with van der Waals surface area (Å²) in [6.45, 7) is 1.62. The van der Waals surface area contributed by atoms with Crippen LogP contribution in [0.2, 0.25) is 0 Å². The van der Waals surface area contributed by atoms with Crippen LogP contribution in [0.25, 0.3) is 21.8 Å². The fourth-order valence-electron chi connectivity index (χ4n) is 6.24. The number of hydrogen-bond acceptors (Lipinski definition) is 5. The van der Waals surface area contributed by atoms with Crippen LogP contribution in [0.1, 0.15) is 41.8 Å². The topological polar surface area (TPSA) is 87.1 Å². The molecule has 2 N–H and O–H groups in total. The molecule has 0 bridgehead atoms. The maximum absolute atomic E-state index is 5.46. The molecule has 3 aliphatic rings. The van der Waals surface area contributed by atoms with Crippen LogP contribution in [0.5, 0.6) is 11.5 Å².